The molecule has 1 atom stereocenters. The van der Waals surface area contributed by atoms with Crippen LogP contribution in [-0.2, 0) is 9.59 Å². The quantitative estimate of drug-likeness (QED) is 0.365. The fourth-order valence-corrected chi connectivity index (χ4v) is 3.99. The highest BCUT2D eigenvalue weighted by molar-refractivity contribution is 9.10. The molecule has 0 bridgehead atoms. The molecule has 1 unspecified atom stereocenters. The molecule has 1 saturated heterocycles. The minimum Gasteiger partial charge on any atom is -0.507 e. The van der Waals surface area contributed by atoms with Crippen LogP contribution in [-0.4, -0.2) is 52.8 Å². The molecular formula is C23H27BrN2O4. The maximum absolute atomic E-state index is 13.0. The summed E-state index contributed by atoms with van der Waals surface area (Å²) in [5.74, 6) is -0.336. The monoisotopic (exact) mass is 474 g/mol. The summed E-state index contributed by atoms with van der Waals surface area (Å²) in [6.45, 7) is 10.5. The summed E-state index contributed by atoms with van der Waals surface area (Å²) < 4.78 is 6.70. The molecule has 160 valence electrons. The number of furan rings is 1. The predicted molar refractivity (Wildman–Crippen MR) is 119 cm³/mol. The number of carbonyl (C=O) groups is 2. The molecular weight excluding hydrogens is 448 g/mol. The van der Waals surface area contributed by atoms with Crippen molar-refractivity contribution in [3.05, 3.63) is 63.0 Å². The third kappa shape index (κ3) is 4.23. The van der Waals surface area contributed by atoms with Crippen molar-refractivity contribution in [1.82, 2.24) is 9.80 Å². The third-order valence-electron chi connectivity index (χ3n) is 5.55. The molecule has 1 amide bonds. The second-order valence-corrected chi connectivity index (χ2v) is 8.29. The van der Waals surface area contributed by atoms with Gasteiger partial charge in [0.25, 0.3) is 11.7 Å². The van der Waals surface area contributed by atoms with Crippen molar-refractivity contribution < 1.29 is 19.1 Å². The molecule has 7 heteroatoms. The van der Waals surface area contributed by atoms with Crippen molar-refractivity contribution in [1.29, 1.82) is 0 Å². The van der Waals surface area contributed by atoms with Crippen LogP contribution in [0.5, 0.6) is 0 Å². The minimum absolute atomic E-state index is 0.0654. The number of hydrogen-bond acceptors (Lipinski definition) is 5. The molecule has 0 spiro atoms. The summed E-state index contributed by atoms with van der Waals surface area (Å²) in [6.07, 6.45) is 0. The van der Waals surface area contributed by atoms with Gasteiger partial charge in [0, 0.05) is 23.1 Å². The Morgan fingerprint density at radius 1 is 1.17 bits per heavy atom. The molecule has 1 aromatic heterocycles. The van der Waals surface area contributed by atoms with Gasteiger partial charge in [-0.15, -0.1) is 0 Å². The van der Waals surface area contributed by atoms with E-state index in [2.05, 4.69) is 34.7 Å². The van der Waals surface area contributed by atoms with Gasteiger partial charge in [0.1, 0.15) is 23.3 Å². The lowest BCUT2D eigenvalue weighted by Crippen LogP contribution is -2.37. The highest BCUT2D eigenvalue weighted by Crippen LogP contribution is 2.40. The zero-order valence-corrected chi connectivity index (χ0v) is 19.3. The van der Waals surface area contributed by atoms with Crippen molar-refractivity contribution in [3.63, 3.8) is 0 Å². The fourth-order valence-electron chi connectivity index (χ4n) is 3.74. The Balaban J connectivity index is 2.09. The molecule has 1 N–H and O–H groups in total. The van der Waals surface area contributed by atoms with Gasteiger partial charge in [-0.05, 0) is 56.8 Å². The zero-order chi connectivity index (χ0) is 22.0. The third-order valence-corrected chi connectivity index (χ3v) is 6.44. The number of rotatable bonds is 7. The standard InChI is InChI=1S/C23H27BrN2O4/c1-5-25(6-2)11-12-26-20(18-10-7-15(4)30-18)19(22(28)23(26)29)21(27)16-8-9-17(24)14(3)13-16/h7-10,13,20,27H,5-6,11-12H2,1-4H3/b21-19-. The largest absolute Gasteiger partial charge is 0.507 e. The molecule has 30 heavy (non-hydrogen) atoms. The van der Waals surface area contributed by atoms with Crippen LogP contribution in [0.3, 0.4) is 0 Å². The van der Waals surface area contributed by atoms with Crippen LogP contribution in [0, 0.1) is 13.8 Å². The Hall–Kier alpha value is -2.38. The van der Waals surface area contributed by atoms with E-state index in [9.17, 15) is 14.7 Å². The average Bonchev–Trinajstić information content (AvgIpc) is 3.26. The number of benzene rings is 1. The van der Waals surface area contributed by atoms with E-state index in [1.165, 1.54) is 4.90 Å². The Morgan fingerprint density at radius 2 is 1.87 bits per heavy atom. The first-order valence-corrected chi connectivity index (χ1v) is 10.9. The Kier molecular flexibility index (Phi) is 6.83. The van der Waals surface area contributed by atoms with Crippen LogP contribution in [0.2, 0.25) is 0 Å². The number of ketones is 1. The number of amides is 1. The number of Topliss-reactive ketones (excluding diaryl/α,β-unsaturated/α-hetero) is 1. The van der Waals surface area contributed by atoms with E-state index in [0.717, 1.165) is 23.1 Å². The molecule has 6 nitrogen and oxygen atoms in total. The molecule has 3 rings (SSSR count). The normalized spacial score (nSPS) is 18.6. The van der Waals surface area contributed by atoms with Gasteiger partial charge in [-0.25, -0.2) is 0 Å². The molecule has 1 aromatic carbocycles. The van der Waals surface area contributed by atoms with Crippen molar-refractivity contribution in [3.8, 4) is 0 Å². The summed E-state index contributed by atoms with van der Waals surface area (Å²) >= 11 is 3.45. The summed E-state index contributed by atoms with van der Waals surface area (Å²) in [4.78, 5) is 29.6. The number of aryl methyl sites for hydroxylation is 2. The van der Waals surface area contributed by atoms with Crippen LogP contribution in [0.15, 0.2) is 44.8 Å². The topological polar surface area (TPSA) is 74.0 Å². The van der Waals surface area contributed by atoms with Gasteiger partial charge in [0.15, 0.2) is 0 Å². The summed E-state index contributed by atoms with van der Waals surface area (Å²) in [5, 5.41) is 11.1. The van der Waals surface area contributed by atoms with E-state index in [1.54, 1.807) is 24.3 Å². The van der Waals surface area contributed by atoms with E-state index < -0.39 is 17.7 Å². The minimum atomic E-state index is -0.752. The maximum Gasteiger partial charge on any atom is 0.295 e. The van der Waals surface area contributed by atoms with Crippen molar-refractivity contribution in [2.24, 2.45) is 0 Å². The average molecular weight is 475 g/mol. The number of aliphatic hydroxyl groups excluding tert-OH is 1. The molecule has 1 aliphatic heterocycles. The number of aliphatic hydroxyl groups is 1. The Bertz CT molecular complexity index is 991. The Morgan fingerprint density at radius 3 is 2.43 bits per heavy atom. The van der Waals surface area contributed by atoms with E-state index in [0.29, 0.717) is 30.2 Å². The van der Waals surface area contributed by atoms with Gasteiger partial charge in [-0.2, -0.15) is 0 Å². The lowest BCUT2D eigenvalue weighted by Gasteiger charge is -2.26. The van der Waals surface area contributed by atoms with Gasteiger partial charge in [-0.3, -0.25) is 9.59 Å². The second-order valence-electron chi connectivity index (χ2n) is 7.43. The van der Waals surface area contributed by atoms with Gasteiger partial charge in [0.05, 0.1) is 5.57 Å². The van der Waals surface area contributed by atoms with Crippen molar-refractivity contribution in [2.45, 2.75) is 33.7 Å². The van der Waals surface area contributed by atoms with Gasteiger partial charge >= 0.3 is 0 Å². The predicted octanol–water partition coefficient (Wildman–Crippen LogP) is 4.42. The number of likely N-dealkylation sites (N-methyl/N-ethyl adjacent to an activating group) is 1. The SMILES string of the molecule is CCN(CC)CCN1C(=O)C(=O)/C(=C(\O)c2ccc(Br)c(C)c2)C1c1ccc(C)o1. The lowest BCUT2D eigenvalue weighted by molar-refractivity contribution is -0.140. The van der Waals surface area contributed by atoms with Crippen LogP contribution in [0.25, 0.3) is 5.76 Å². The highest BCUT2D eigenvalue weighted by Gasteiger charge is 2.47. The Labute approximate surface area is 185 Å². The summed E-state index contributed by atoms with van der Waals surface area (Å²) in [5.41, 5.74) is 1.47. The first-order chi connectivity index (χ1) is 14.3. The molecule has 2 aromatic rings. The van der Waals surface area contributed by atoms with Gasteiger partial charge in [0.2, 0.25) is 0 Å². The second kappa shape index (κ2) is 9.18. The van der Waals surface area contributed by atoms with Gasteiger partial charge < -0.3 is 19.3 Å². The molecule has 1 fully saturated rings. The van der Waals surface area contributed by atoms with Crippen LogP contribution >= 0.6 is 15.9 Å². The fraction of sp³-hybridized carbons (Fsp3) is 0.391. The molecule has 2 heterocycles. The maximum atomic E-state index is 13.0. The lowest BCUT2D eigenvalue weighted by atomic mass is 9.98. The van der Waals surface area contributed by atoms with Crippen LogP contribution in [0.4, 0.5) is 0 Å². The van der Waals surface area contributed by atoms with E-state index in [4.69, 9.17) is 4.42 Å². The number of likely N-dealkylation sites (tertiary alicyclic amines) is 1. The van der Waals surface area contributed by atoms with Crippen LogP contribution in [0.1, 0.15) is 42.5 Å². The van der Waals surface area contributed by atoms with Crippen molar-refractivity contribution >= 4 is 33.4 Å². The molecule has 1 aliphatic rings. The smallest absolute Gasteiger partial charge is 0.295 e. The van der Waals surface area contributed by atoms with E-state index >= 15 is 0 Å². The first-order valence-electron chi connectivity index (χ1n) is 10.1. The number of halogens is 1. The summed E-state index contributed by atoms with van der Waals surface area (Å²) in [6, 6.07) is 8.12. The zero-order valence-electron chi connectivity index (χ0n) is 17.7. The number of carbonyl (C=O) groups excluding carboxylic acids is 2. The van der Waals surface area contributed by atoms with E-state index in [1.807, 2.05) is 19.9 Å². The molecule has 0 aliphatic carbocycles. The number of nitrogens with zero attached hydrogens (tertiary/aromatic N) is 2. The number of hydrogen-bond donors (Lipinski definition) is 1. The van der Waals surface area contributed by atoms with Crippen LogP contribution < -0.4 is 0 Å². The highest BCUT2D eigenvalue weighted by atomic mass is 79.9. The summed E-state index contributed by atoms with van der Waals surface area (Å²) in [7, 11) is 0. The van der Waals surface area contributed by atoms with Gasteiger partial charge in [-0.1, -0.05) is 35.8 Å². The van der Waals surface area contributed by atoms with Crippen molar-refractivity contribution in [2.75, 3.05) is 26.2 Å². The van der Waals surface area contributed by atoms with E-state index in [-0.39, 0.29) is 11.3 Å². The first kappa shape index (κ1) is 22.3. The molecule has 0 radical (unpaired) electrons. The molecule has 0 saturated carbocycles.